The number of rotatable bonds is 7. The van der Waals surface area contributed by atoms with E-state index in [0.29, 0.717) is 12.5 Å². The van der Waals surface area contributed by atoms with Gasteiger partial charge >= 0.3 is 0 Å². The van der Waals surface area contributed by atoms with Gasteiger partial charge in [-0.15, -0.1) is 0 Å². The van der Waals surface area contributed by atoms with Gasteiger partial charge in [0, 0.05) is 20.2 Å². The summed E-state index contributed by atoms with van der Waals surface area (Å²) in [4.78, 5) is 2.25. The molecular weight excluding hydrogens is 212 g/mol. The molecule has 96 valence electrons. The number of likely N-dealkylation sites (N-methyl/N-ethyl adjacent to an activating group) is 1. The van der Waals surface area contributed by atoms with E-state index in [0.717, 1.165) is 19.7 Å². The maximum absolute atomic E-state index is 5.66. The highest BCUT2D eigenvalue weighted by Crippen LogP contribution is 2.15. The van der Waals surface area contributed by atoms with E-state index in [2.05, 4.69) is 43.1 Å². The quantitative estimate of drug-likeness (QED) is 0.785. The second kappa shape index (κ2) is 7.43. The summed E-state index contributed by atoms with van der Waals surface area (Å²) in [5, 5.41) is 0. The highest BCUT2D eigenvalue weighted by molar-refractivity contribution is 5.25. The molecule has 0 radical (unpaired) electrons. The van der Waals surface area contributed by atoms with E-state index in [1.54, 1.807) is 7.11 Å². The van der Waals surface area contributed by atoms with Crippen LogP contribution in [0.15, 0.2) is 24.3 Å². The lowest BCUT2D eigenvalue weighted by Crippen LogP contribution is -2.22. The molecule has 17 heavy (non-hydrogen) atoms. The van der Waals surface area contributed by atoms with Crippen molar-refractivity contribution < 1.29 is 4.74 Å². The molecule has 2 N–H and O–H groups in total. The van der Waals surface area contributed by atoms with E-state index in [9.17, 15) is 0 Å². The molecular formula is C14H24N2O. The average molecular weight is 236 g/mol. The van der Waals surface area contributed by atoms with Crippen molar-refractivity contribution in [2.24, 2.45) is 5.73 Å². The Kier molecular flexibility index (Phi) is 6.19. The number of hydrogen-bond acceptors (Lipinski definition) is 3. The lowest BCUT2D eigenvalue weighted by Gasteiger charge is -2.16. The summed E-state index contributed by atoms with van der Waals surface area (Å²) in [6.45, 7) is 5.55. The third kappa shape index (κ3) is 4.86. The van der Waals surface area contributed by atoms with E-state index in [-0.39, 0.29) is 0 Å². The predicted molar refractivity (Wildman–Crippen MR) is 72.1 cm³/mol. The maximum Gasteiger partial charge on any atom is 0.0589 e. The van der Waals surface area contributed by atoms with Gasteiger partial charge in [-0.05, 0) is 30.6 Å². The van der Waals surface area contributed by atoms with Crippen molar-refractivity contribution in [3.8, 4) is 0 Å². The first-order valence-corrected chi connectivity index (χ1v) is 6.13. The number of benzene rings is 1. The first kappa shape index (κ1) is 14.2. The molecule has 0 amide bonds. The van der Waals surface area contributed by atoms with Crippen LogP contribution < -0.4 is 5.73 Å². The number of nitrogens with two attached hydrogens (primary N) is 1. The summed E-state index contributed by atoms with van der Waals surface area (Å²) in [6.07, 6.45) is 0. The molecule has 0 aliphatic heterocycles. The summed E-state index contributed by atoms with van der Waals surface area (Å²) in [7, 11) is 3.84. The van der Waals surface area contributed by atoms with Crippen LogP contribution in [-0.2, 0) is 11.3 Å². The zero-order chi connectivity index (χ0) is 12.7. The minimum atomic E-state index is 0.440. The van der Waals surface area contributed by atoms with Crippen LogP contribution in [0.25, 0.3) is 0 Å². The Labute approximate surface area is 105 Å². The van der Waals surface area contributed by atoms with Crippen molar-refractivity contribution >= 4 is 0 Å². The van der Waals surface area contributed by atoms with Crippen LogP contribution in [0.4, 0.5) is 0 Å². The molecule has 0 aromatic heterocycles. The largest absolute Gasteiger partial charge is 0.383 e. The second-order valence-electron chi connectivity index (χ2n) is 4.61. The predicted octanol–water partition coefficient (Wildman–Crippen LogP) is 1.83. The van der Waals surface area contributed by atoms with Crippen molar-refractivity contribution in [2.45, 2.75) is 19.4 Å². The van der Waals surface area contributed by atoms with Gasteiger partial charge in [0.2, 0.25) is 0 Å². The van der Waals surface area contributed by atoms with Gasteiger partial charge in [-0.1, -0.05) is 31.2 Å². The monoisotopic (exact) mass is 236 g/mol. The molecule has 1 atom stereocenters. The van der Waals surface area contributed by atoms with Gasteiger partial charge in [0.1, 0.15) is 0 Å². The second-order valence-corrected chi connectivity index (χ2v) is 4.61. The molecule has 0 spiro atoms. The topological polar surface area (TPSA) is 38.5 Å². The summed E-state index contributed by atoms with van der Waals surface area (Å²) in [5.41, 5.74) is 8.30. The lowest BCUT2D eigenvalue weighted by molar-refractivity contribution is 0.158. The molecule has 0 heterocycles. The Morgan fingerprint density at radius 1 is 1.29 bits per heavy atom. The standard InChI is InChI=1S/C14H24N2O/c1-12(10-15)14-6-4-13(5-7-14)11-16(2)8-9-17-3/h4-7,12H,8-11,15H2,1-3H3. The molecule has 1 aromatic rings. The third-order valence-corrected chi connectivity index (χ3v) is 3.03. The molecule has 0 aliphatic rings. The van der Waals surface area contributed by atoms with E-state index in [4.69, 9.17) is 10.5 Å². The normalized spacial score (nSPS) is 13.0. The molecule has 0 fully saturated rings. The zero-order valence-electron chi connectivity index (χ0n) is 11.1. The van der Waals surface area contributed by atoms with E-state index >= 15 is 0 Å². The number of hydrogen-bond donors (Lipinski definition) is 1. The van der Waals surface area contributed by atoms with E-state index in [1.807, 2.05) is 0 Å². The first-order chi connectivity index (χ1) is 8.17. The smallest absolute Gasteiger partial charge is 0.0589 e. The lowest BCUT2D eigenvalue weighted by atomic mass is 10.00. The number of nitrogens with zero attached hydrogens (tertiary/aromatic N) is 1. The Bertz CT molecular complexity index is 311. The Balaban J connectivity index is 2.50. The van der Waals surface area contributed by atoms with Crippen LogP contribution >= 0.6 is 0 Å². The van der Waals surface area contributed by atoms with Crippen molar-refractivity contribution in [1.82, 2.24) is 4.90 Å². The number of ether oxygens (including phenoxy) is 1. The maximum atomic E-state index is 5.66. The van der Waals surface area contributed by atoms with Gasteiger partial charge in [0.25, 0.3) is 0 Å². The van der Waals surface area contributed by atoms with Gasteiger partial charge in [-0.25, -0.2) is 0 Å². The van der Waals surface area contributed by atoms with Crippen LogP contribution in [0.2, 0.25) is 0 Å². The van der Waals surface area contributed by atoms with Gasteiger partial charge in [0.05, 0.1) is 6.61 Å². The van der Waals surface area contributed by atoms with Crippen LogP contribution in [0.5, 0.6) is 0 Å². The molecule has 1 aromatic carbocycles. The molecule has 3 heteroatoms. The molecule has 1 unspecified atom stereocenters. The van der Waals surface area contributed by atoms with Crippen LogP contribution in [0.1, 0.15) is 24.0 Å². The van der Waals surface area contributed by atoms with Crippen molar-refractivity contribution in [1.29, 1.82) is 0 Å². The fourth-order valence-electron chi connectivity index (χ4n) is 1.73. The molecule has 0 saturated carbocycles. The fourth-order valence-corrected chi connectivity index (χ4v) is 1.73. The first-order valence-electron chi connectivity index (χ1n) is 6.13. The van der Waals surface area contributed by atoms with E-state index in [1.165, 1.54) is 11.1 Å². The van der Waals surface area contributed by atoms with E-state index < -0.39 is 0 Å². The molecule has 0 bridgehead atoms. The third-order valence-electron chi connectivity index (χ3n) is 3.03. The summed E-state index contributed by atoms with van der Waals surface area (Å²) in [5.74, 6) is 0.440. The van der Waals surface area contributed by atoms with Gasteiger partial charge in [0.15, 0.2) is 0 Å². The number of methoxy groups -OCH3 is 1. The molecule has 3 nitrogen and oxygen atoms in total. The van der Waals surface area contributed by atoms with Gasteiger partial charge in [-0.2, -0.15) is 0 Å². The SMILES string of the molecule is COCCN(C)Cc1ccc(C(C)CN)cc1. The highest BCUT2D eigenvalue weighted by Gasteiger charge is 2.04. The van der Waals surface area contributed by atoms with Gasteiger partial charge < -0.3 is 10.5 Å². The minimum absolute atomic E-state index is 0.440. The van der Waals surface area contributed by atoms with Crippen LogP contribution in [0.3, 0.4) is 0 Å². The summed E-state index contributed by atoms with van der Waals surface area (Å²) >= 11 is 0. The Hall–Kier alpha value is -0.900. The zero-order valence-corrected chi connectivity index (χ0v) is 11.1. The summed E-state index contributed by atoms with van der Waals surface area (Å²) in [6, 6.07) is 8.73. The fraction of sp³-hybridized carbons (Fsp3) is 0.571. The summed E-state index contributed by atoms with van der Waals surface area (Å²) < 4.78 is 5.06. The van der Waals surface area contributed by atoms with Gasteiger partial charge in [-0.3, -0.25) is 4.90 Å². The van der Waals surface area contributed by atoms with Crippen LogP contribution in [-0.4, -0.2) is 38.8 Å². The highest BCUT2D eigenvalue weighted by atomic mass is 16.5. The Morgan fingerprint density at radius 3 is 2.47 bits per heavy atom. The molecule has 0 saturated heterocycles. The Morgan fingerprint density at radius 2 is 1.94 bits per heavy atom. The average Bonchev–Trinajstić information content (AvgIpc) is 2.36. The van der Waals surface area contributed by atoms with Crippen LogP contribution in [0, 0.1) is 0 Å². The van der Waals surface area contributed by atoms with Crippen molar-refractivity contribution in [2.75, 3.05) is 33.9 Å². The molecule has 1 rings (SSSR count). The minimum Gasteiger partial charge on any atom is -0.383 e. The van der Waals surface area contributed by atoms with Crippen molar-refractivity contribution in [3.05, 3.63) is 35.4 Å². The van der Waals surface area contributed by atoms with Crippen molar-refractivity contribution in [3.63, 3.8) is 0 Å². The molecule has 0 aliphatic carbocycles.